The molecular weight excluding hydrogens is 422 g/mol. The lowest BCUT2D eigenvalue weighted by Gasteiger charge is -2.28. The van der Waals surface area contributed by atoms with Crippen LogP contribution < -0.4 is 10.1 Å². The van der Waals surface area contributed by atoms with Crippen LogP contribution in [0.4, 0.5) is 0 Å². The van der Waals surface area contributed by atoms with E-state index in [1.54, 1.807) is 57.2 Å². The quantitative estimate of drug-likeness (QED) is 0.517. The van der Waals surface area contributed by atoms with Gasteiger partial charge in [0.1, 0.15) is 18.4 Å². The summed E-state index contributed by atoms with van der Waals surface area (Å²) in [5.74, 6) is -1.70. The van der Waals surface area contributed by atoms with Crippen molar-refractivity contribution in [3.05, 3.63) is 77.4 Å². The van der Waals surface area contributed by atoms with Crippen molar-refractivity contribution in [1.29, 1.82) is 0 Å². The van der Waals surface area contributed by atoms with Crippen LogP contribution in [0.3, 0.4) is 0 Å². The first-order chi connectivity index (χ1) is 15.6. The third-order valence-electron chi connectivity index (χ3n) is 5.27. The lowest BCUT2D eigenvalue weighted by atomic mass is 9.86. The Balaban J connectivity index is 1.93. The number of carbonyl (C=O) groups excluding carboxylic acids is 2. The molecule has 3 aromatic carbocycles. The van der Waals surface area contributed by atoms with Gasteiger partial charge in [-0.05, 0) is 34.6 Å². The zero-order valence-corrected chi connectivity index (χ0v) is 19.0. The third kappa shape index (κ3) is 5.49. The van der Waals surface area contributed by atoms with E-state index in [1.807, 2.05) is 24.3 Å². The fourth-order valence-corrected chi connectivity index (χ4v) is 3.45. The van der Waals surface area contributed by atoms with E-state index < -0.39 is 29.3 Å². The Labute approximate surface area is 192 Å². The molecule has 7 heteroatoms. The van der Waals surface area contributed by atoms with Gasteiger partial charge >= 0.3 is 11.9 Å². The molecule has 0 aromatic heterocycles. The summed E-state index contributed by atoms with van der Waals surface area (Å²) < 4.78 is 10.8. The van der Waals surface area contributed by atoms with Crippen LogP contribution >= 0.6 is 0 Å². The highest BCUT2D eigenvalue weighted by Crippen LogP contribution is 2.31. The lowest BCUT2D eigenvalue weighted by Crippen LogP contribution is -2.49. The third-order valence-corrected chi connectivity index (χ3v) is 5.27. The van der Waals surface area contributed by atoms with Crippen LogP contribution in [0.25, 0.3) is 10.8 Å². The molecule has 1 amide bonds. The van der Waals surface area contributed by atoms with Crippen molar-refractivity contribution in [2.75, 3.05) is 7.11 Å². The zero-order valence-electron chi connectivity index (χ0n) is 19.0. The Hall–Kier alpha value is -3.87. The highest BCUT2D eigenvalue weighted by atomic mass is 16.5. The van der Waals surface area contributed by atoms with Gasteiger partial charge < -0.3 is 19.9 Å². The maximum Gasteiger partial charge on any atom is 0.337 e. The molecule has 0 aliphatic heterocycles. The number of fused-ring (bicyclic) bond motifs is 1. The number of carboxylic acid groups (broad SMARTS) is 1. The number of aliphatic carboxylic acids is 1. The maximum absolute atomic E-state index is 13.1. The van der Waals surface area contributed by atoms with Gasteiger partial charge in [0.2, 0.25) is 0 Å². The SMILES string of the molecule is COC(=O)c1ccc(COc2c(C(=O)NC(C(=O)O)C(C)(C)C)ccc3ccccc23)cc1. The van der Waals surface area contributed by atoms with Crippen molar-refractivity contribution in [2.45, 2.75) is 33.4 Å². The molecule has 0 radical (unpaired) electrons. The summed E-state index contributed by atoms with van der Waals surface area (Å²) in [7, 11) is 1.32. The van der Waals surface area contributed by atoms with Crippen molar-refractivity contribution >= 4 is 28.6 Å². The summed E-state index contributed by atoms with van der Waals surface area (Å²) in [6.45, 7) is 5.41. The Morgan fingerprint density at radius 1 is 0.970 bits per heavy atom. The number of rotatable bonds is 7. The molecule has 0 heterocycles. The van der Waals surface area contributed by atoms with E-state index in [0.717, 1.165) is 16.3 Å². The predicted molar refractivity (Wildman–Crippen MR) is 124 cm³/mol. The van der Waals surface area contributed by atoms with Crippen molar-refractivity contribution < 1.29 is 29.0 Å². The zero-order chi connectivity index (χ0) is 24.2. The molecule has 172 valence electrons. The average molecular weight is 450 g/mol. The minimum atomic E-state index is -1.11. The molecule has 1 unspecified atom stereocenters. The number of esters is 1. The first-order valence-corrected chi connectivity index (χ1v) is 10.5. The molecular formula is C26H27NO6. The van der Waals surface area contributed by atoms with Gasteiger partial charge in [-0.3, -0.25) is 4.79 Å². The Morgan fingerprint density at radius 2 is 1.64 bits per heavy atom. The van der Waals surface area contributed by atoms with Gasteiger partial charge in [-0.1, -0.05) is 63.2 Å². The predicted octanol–water partition coefficient (Wildman–Crippen LogP) is 4.43. The molecule has 2 N–H and O–H groups in total. The highest BCUT2D eigenvalue weighted by Gasteiger charge is 2.33. The first kappa shape index (κ1) is 23.8. The van der Waals surface area contributed by atoms with E-state index in [-0.39, 0.29) is 12.2 Å². The van der Waals surface area contributed by atoms with Crippen molar-refractivity contribution in [3.63, 3.8) is 0 Å². The number of ether oxygens (including phenoxy) is 2. The summed E-state index contributed by atoms with van der Waals surface area (Å²) in [5.41, 5.74) is 0.782. The van der Waals surface area contributed by atoms with Crippen LogP contribution in [-0.2, 0) is 16.1 Å². The molecule has 0 saturated carbocycles. The fraction of sp³-hybridized carbons (Fsp3) is 0.269. The number of carbonyl (C=O) groups is 3. The fourth-order valence-electron chi connectivity index (χ4n) is 3.45. The molecule has 1 atom stereocenters. The molecule has 0 saturated heterocycles. The molecule has 0 bridgehead atoms. The second-order valence-corrected chi connectivity index (χ2v) is 8.75. The smallest absolute Gasteiger partial charge is 0.337 e. The summed E-state index contributed by atoms with van der Waals surface area (Å²) in [5, 5.41) is 13.9. The largest absolute Gasteiger partial charge is 0.487 e. The number of hydrogen-bond acceptors (Lipinski definition) is 5. The number of nitrogens with one attached hydrogen (secondary N) is 1. The molecule has 7 nitrogen and oxygen atoms in total. The first-order valence-electron chi connectivity index (χ1n) is 10.5. The van der Waals surface area contributed by atoms with Crippen LogP contribution in [0.2, 0.25) is 0 Å². The monoisotopic (exact) mass is 449 g/mol. The number of benzene rings is 3. The summed E-state index contributed by atoms with van der Waals surface area (Å²) in [6.07, 6.45) is 0. The van der Waals surface area contributed by atoms with Crippen LogP contribution in [0.5, 0.6) is 5.75 Å². The van der Waals surface area contributed by atoms with Crippen molar-refractivity contribution in [3.8, 4) is 5.75 Å². The van der Waals surface area contributed by atoms with Crippen LogP contribution in [0.1, 0.15) is 47.1 Å². The van der Waals surface area contributed by atoms with Crippen LogP contribution in [0, 0.1) is 5.41 Å². The molecule has 0 aliphatic rings. The lowest BCUT2D eigenvalue weighted by molar-refractivity contribution is -0.142. The number of carboxylic acids is 1. The van der Waals surface area contributed by atoms with E-state index >= 15 is 0 Å². The van der Waals surface area contributed by atoms with Gasteiger partial charge in [-0.15, -0.1) is 0 Å². The van der Waals surface area contributed by atoms with Crippen molar-refractivity contribution in [1.82, 2.24) is 5.32 Å². The van der Waals surface area contributed by atoms with Gasteiger partial charge in [0, 0.05) is 5.39 Å². The van der Waals surface area contributed by atoms with E-state index in [0.29, 0.717) is 11.3 Å². The van der Waals surface area contributed by atoms with E-state index in [9.17, 15) is 19.5 Å². The normalized spacial score (nSPS) is 12.1. The highest BCUT2D eigenvalue weighted by molar-refractivity contribution is 6.05. The number of amides is 1. The number of hydrogen-bond donors (Lipinski definition) is 2. The Morgan fingerprint density at radius 3 is 2.24 bits per heavy atom. The van der Waals surface area contributed by atoms with Crippen LogP contribution in [0.15, 0.2) is 60.7 Å². The van der Waals surface area contributed by atoms with Gasteiger partial charge in [0.05, 0.1) is 18.2 Å². The molecule has 3 rings (SSSR count). The minimum Gasteiger partial charge on any atom is -0.487 e. The van der Waals surface area contributed by atoms with Gasteiger partial charge in [-0.2, -0.15) is 0 Å². The van der Waals surface area contributed by atoms with Gasteiger partial charge in [0.15, 0.2) is 0 Å². The molecule has 0 fully saturated rings. The van der Waals surface area contributed by atoms with E-state index in [4.69, 9.17) is 9.47 Å². The standard InChI is InChI=1S/C26H27NO6/c1-26(2,3)22(24(29)30)27-23(28)20-14-13-17-7-5-6-8-19(17)21(20)33-15-16-9-11-18(12-10-16)25(31)32-4/h5-14,22H,15H2,1-4H3,(H,27,28)(H,29,30). The van der Waals surface area contributed by atoms with Gasteiger partial charge in [-0.25, -0.2) is 9.59 Å². The summed E-state index contributed by atoms with van der Waals surface area (Å²) in [6, 6.07) is 16.6. The maximum atomic E-state index is 13.1. The average Bonchev–Trinajstić information content (AvgIpc) is 2.79. The van der Waals surface area contributed by atoms with E-state index in [2.05, 4.69) is 5.32 Å². The summed E-state index contributed by atoms with van der Waals surface area (Å²) >= 11 is 0. The van der Waals surface area contributed by atoms with Crippen molar-refractivity contribution in [2.24, 2.45) is 5.41 Å². The second kappa shape index (κ2) is 9.73. The molecule has 0 aliphatic carbocycles. The molecule has 3 aromatic rings. The Kier molecular flexibility index (Phi) is 7.01. The second-order valence-electron chi connectivity index (χ2n) is 8.75. The summed E-state index contributed by atoms with van der Waals surface area (Å²) in [4.78, 5) is 36.5. The minimum absolute atomic E-state index is 0.150. The number of methoxy groups -OCH3 is 1. The van der Waals surface area contributed by atoms with Gasteiger partial charge in [0.25, 0.3) is 5.91 Å². The molecule has 0 spiro atoms. The molecule has 33 heavy (non-hydrogen) atoms. The Bertz CT molecular complexity index is 1180. The van der Waals surface area contributed by atoms with E-state index in [1.165, 1.54) is 7.11 Å². The van der Waals surface area contributed by atoms with Crippen LogP contribution in [-0.4, -0.2) is 36.1 Å². The topological polar surface area (TPSA) is 102 Å².